The maximum atomic E-state index is 12.0. The van der Waals surface area contributed by atoms with Gasteiger partial charge in [-0.3, -0.25) is 9.59 Å². The highest BCUT2D eigenvalue weighted by Crippen LogP contribution is 2.12. The van der Waals surface area contributed by atoms with Gasteiger partial charge in [0.1, 0.15) is 11.5 Å². The molecule has 0 amide bonds. The van der Waals surface area contributed by atoms with Gasteiger partial charge in [0.25, 0.3) is 0 Å². The second-order valence-corrected chi connectivity index (χ2v) is 6.64. The van der Waals surface area contributed by atoms with Gasteiger partial charge in [-0.1, -0.05) is 17.7 Å². The number of carbonyl (C=O) groups excluding carboxylic acids is 2. The number of aryl methyl sites for hydroxylation is 2. The molecule has 0 unspecified atom stereocenters. The molecule has 0 heterocycles. The van der Waals surface area contributed by atoms with Crippen LogP contribution in [0.1, 0.15) is 28.4 Å². The third-order valence-electron chi connectivity index (χ3n) is 2.69. The standard InChI is InChI=1S/C14H18O5S/c1-4-19-14(16)9-20(17,18)8-13(15)12-7-10(2)5-6-11(12)3/h5-7H,4,8-9H2,1-3H3. The Morgan fingerprint density at radius 2 is 1.80 bits per heavy atom. The summed E-state index contributed by atoms with van der Waals surface area (Å²) in [7, 11) is -3.80. The molecular weight excluding hydrogens is 280 g/mol. The summed E-state index contributed by atoms with van der Waals surface area (Å²) in [5.41, 5.74) is 1.96. The van der Waals surface area contributed by atoms with Crippen LogP contribution in [0.4, 0.5) is 0 Å². The number of rotatable bonds is 6. The SMILES string of the molecule is CCOC(=O)CS(=O)(=O)CC(=O)c1cc(C)ccc1C. The average molecular weight is 298 g/mol. The van der Waals surface area contributed by atoms with Gasteiger partial charge in [0.05, 0.1) is 6.61 Å². The van der Waals surface area contributed by atoms with E-state index in [-0.39, 0.29) is 6.61 Å². The van der Waals surface area contributed by atoms with Crippen LogP contribution in [0.3, 0.4) is 0 Å². The van der Waals surface area contributed by atoms with Crippen LogP contribution < -0.4 is 0 Å². The largest absolute Gasteiger partial charge is 0.465 e. The fourth-order valence-electron chi connectivity index (χ4n) is 1.75. The van der Waals surface area contributed by atoms with E-state index in [1.807, 2.05) is 13.0 Å². The summed E-state index contributed by atoms with van der Waals surface area (Å²) in [4.78, 5) is 23.2. The van der Waals surface area contributed by atoms with Gasteiger partial charge in [0.15, 0.2) is 15.6 Å². The van der Waals surface area contributed by atoms with Gasteiger partial charge in [-0.15, -0.1) is 0 Å². The normalized spacial score (nSPS) is 11.2. The molecule has 0 saturated carbocycles. The zero-order chi connectivity index (χ0) is 15.3. The number of ether oxygens (including phenoxy) is 1. The minimum Gasteiger partial charge on any atom is -0.465 e. The lowest BCUT2D eigenvalue weighted by Crippen LogP contribution is -2.25. The highest BCUT2D eigenvalue weighted by molar-refractivity contribution is 7.92. The zero-order valence-corrected chi connectivity index (χ0v) is 12.6. The van der Waals surface area contributed by atoms with Crippen LogP contribution >= 0.6 is 0 Å². The molecule has 1 aromatic rings. The average Bonchev–Trinajstić information content (AvgIpc) is 2.30. The van der Waals surface area contributed by atoms with Gasteiger partial charge < -0.3 is 4.74 Å². The molecule has 0 fully saturated rings. The van der Waals surface area contributed by atoms with Crippen LogP contribution in [0.5, 0.6) is 0 Å². The third kappa shape index (κ3) is 4.77. The molecule has 1 aromatic carbocycles. The maximum Gasteiger partial charge on any atom is 0.321 e. The van der Waals surface area contributed by atoms with Crippen molar-refractivity contribution in [1.29, 1.82) is 0 Å². The van der Waals surface area contributed by atoms with Crippen molar-refractivity contribution in [3.63, 3.8) is 0 Å². The Morgan fingerprint density at radius 3 is 2.40 bits per heavy atom. The molecule has 0 aliphatic carbocycles. The molecule has 0 saturated heterocycles. The van der Waals surface area contributed by atoms with Crippen molar-refractivity contribution in [3.8, 4) is 0 Å². The first-order valence-corrected chi connectivity index (χ1v) is 8.04. The molecule has 0 aromatic heterocycles. The first kappa shape index (κ1) is 16.4. The minimum atomic E-state index is -3.80. The monoisotopic (exact) mass is 298 g/mol. The van der Waals surface area contributed by atoms with Gasteiger partial charge in [0.2, 0.25) is 0 Å². The summed E-state index contributed by atoms with van der Waals surface area (Å²) in [5, 5.41) is 0. The second-order valence-electron chi connectivity index (χ2n) is 4.58. The van der Waals surface area contributed by atoms with E-state index in [9.17, 15) is 18.0 Å². The molecule has 0 aliphatic heterocycles. The van der Waals surface area contributed by atoms with E-state index in [1.165, 1.54) is 0 Å². The van der Waals surface area contributed by atoms with Crippen LogP contribution in [0.2, 0.25) is 0 Å². The maximum absolute atomic E-state index is 12.0. The summed E-state index contributed by atoms with van der Waals surface area (Å²) < 4.78 is 28.1. The number of benzene rings is 1. The number of Topliss-reactive ketones (excluding diaryl/α,β-unsaturated/α-hetero) is 1. The molecular formula is C14H18O5S. The quantitative estimate of drug-likeness (QED) is 0.587. The van der Waals surface area contributed by atoms with Crippen molar-refractivity contribution in [2.45, 2.75) is 20.8 Å². The lowest BCUT2D eigenvalue weighted by Gasteiger charge is -2.07. The number of ketones is 1. The Morgan fingerprint density at radius 1 is 1.15 bits per heavy atom. The number of esters is 1. The zero-order valence-electron chi connectivity index (χ0n) is 11.8. The van der Waals surface area contributed by atoms with Crippen molar-refractivity contribution in [2.75, 3.05) is 18.1 Å². The molecule has 6 heteroatoms. The summed E-state index contributed by atoms with van der Waals surface area (Å²) in [6, 6.07) is 5.26. The summed E-state index contributed by atoms with van der Waals surface area (Å²) in [5.74, 6) is -2.79. The Bertz CT molecular complexity index is 616. The lowest BCUT2D eigenvalue weighted by molar-refractivity contribution is -0.139. The van der Waals surface area contributed by atoms with Crippen LogP contribution in [0.25, 0.3) is 0 Å². The summed E-state index contributed by atoms with van der Waals surface area (Å²) >= 11 is 0. The highest BCUT2D eigenvalue weighted by atomic mass is 32.2. The predicted octanol–water partition coefficient (Wildman–Crippen LogP) is 1.46. The fourth-order valence-corrected chi connectivity index (χ4v) is 2.85. The van der Waals surface area contributed by atoms with Gasteiger partial charge in [0, 0.05) is 5.56 Å². The Balaban J connectivity index is 2.84. The first-order chi connectivity index (χ1) is 9.25. The molecule has 5 nitrogen and oxygen atoms in total. The highest BCUT2D eigenvalue weighted by Gasteiger charge is 2.23. The van der Waals surface area contributed by atoms with E-state index in [4.69, 9.17) is 0 Å². The predicted molar refractivity (Wildman–Crippen MR) is 75.5 cm³/mol. The molecule has 20 heavy (non-hydrogen) atoms. The van der Waals surface area contributed by atoms with E-state index < -0.39 is 33.1 Å². The lowest BCUT2D eigenvalue weighted by atomic mass is 10.0. The minimum absolute atomic E-state index is 0.110. The van der Waals surface area contributed by atoms with Crippen LogP contribution in [-0.2, 0) is 19.4 Å². The fraction of sp³-hybridized carbons (Fsp3) is 0.429. The topological polar surface area (TPSA) is 77.5 Å². The summed E-state index contributed by atoms with van der Waals surface area (Å²) in [6.07, 6.45) is 0. The van der Waals surface area contributed by atoms with Crippen molar-refractivity contribution in [2.24, 2.45) is 0 Å². The molecule has 0 atom stereocenters. The number of hydrogen-bond donors (Lipinski definition) is 0. The molecule has 1 rings (SSSR count). The Hall–Kier alpha value is -1.69. The smallest absolute Gasteiger partial charge is 0.321 e. The number of carbonyl (C=O) groups is 2. The van der Waals surface area contributed by atoms with Crippen molar-refractivity contribution in [1.82, 2.24) is 0 Å². The van der Waals surface area contributed by atoms with Gasteiger partial charge in [-0.2, -0.15) is 0 Å². The van der Waals surface area contributed by atoms with Crippen LogP contribution in [-0.4, -0.2) is 38.3 Å². The number of hydrogen-bond acceptors (Lipinski definition) is 5. The van der Waals surface area contributed by atoms with Gasteiger partial charge in [-0.05, 0) is 32.4 Å². The van der Waals surface area contributed by atoms with E-state index in [0.29, 0.717) is 11.1 Å². The third-order valence-corrected chi connectivity index (χ3v) is 4.07. The van der Waals surface area contributed by atoms with Gasteiger partial charge in [-0.25, -0.2) is 8.42 Å². The molecule has 0 spiro atoms. The van der Waals surface area contributed by atoms with Crippen molar-refractivity contribution < 1.29 is 22.7 Å². The Labute approximate surface area is 118 Å². The van der Waals surface area contributed by atoms with E-state index in [0.717, 1.165) is 5.56 Å². The van der Waals surface area contributed by atoms with Gasteiger partial charge >= 0.3 is 5.97 Å². The van der Waals surface area contributed by atoms with Crippen LogP contribution in [0, 0.1) is 13.8 Å². The van der Waals surface area contributed by atoms with Crippen LogP contribution in [0.15, 0.2) is 18.2 Å². The first-order valence-electron chi connectivity index (χ1n) is 6.21. The molecule has 0 bridgehead atoms. The Kier molecular flexibility index (Phi) is 5.44. The van der Waals surface area contributed by atoms with E-state index >= 15 is 0 Å². The van der Waals surface area contributed by atoms with Crippen molar-refractivity contribution in [3.05, 3.63) is 34.9 Å². The van der Waals surface area contributed by atoms with E-state index in [1.54, 1.807) is 26.0 Å². The summed E-state index contributed by atoms with van der Waals surface area (Å²) in [6.45, 7) is 5.26. The molecule has 0 aliphatic rings. The molecule has 110 valence electrons. The van der Waals surface area contributed by atoms with Crippen molar-refractivity contribution >= 4 is 21.6 Å². The second kappa shape index (κ2) is 6.65. The molecule has 0 N–H and O–H groups in total. The molecule has 0 radical (unpaired) electrons. The number of sulfone groups is 1. The van der Waals surface area contributed by atoms with E-state index in [2.05, 4.69) is 4.74 Å².